The molecule has 22 heavy (non-hydrogen) atoms. The van der Waals surface area contributed by atoms with Gasteiger partial charge in [-0.3, -0.25) is 4.90 Å². The van der Waals surface area contributed by atoms with E-state index in [-0.39, 0.29) is 18.2 Å². The van der Waals surface area contributed by atoms with Gasteiger partial charge in [0.15, 0.2) is 5.82 Å². The summed E-state index contributed by atoms with van der Waals surface area (Å²) in [5.41, 5.74) is 0. The summed E-state index contributed by atoms with van der Waals surface area (Å²) in [6.45, 7) is 10.3. The first kappa shape index (κ1) is 17.4. The highest BCUT2D eigenvalue weighted by Gasteiger charge is 2.28. The Labute approximate surface area is 132 Å². The minimum Gasteiger partial charge on any atom is -0.392 e. The summed E-state index contributed by atoms with van der Waals surface area (Å²) in [6.07, 6.45) is 2.84. The van der Waals surface area contributed by atoms with E-state index >= 15 is 0 Å². The van der Waals surface area contributed by atoms with E-state index < -0.39 is 0 Å². The van der Waals surface area contributed by atoms with Crippen molar-refractivity contribution in [1.82, 2.24) is 15.0 Å². The van der Waals surface area contributed by atoms with Crippen molar-refractivity contribution in [2.45, 2.75) is 71.8 Å². The van der Waals surface area contributed by atoms with Crippen LogP contribution < -0.4 is 0 Å². The lowest BCUT2D eigenvalue weighted by Crippen LogP contribution is -2.45. The number of hydrogen-bond acceptors (Lipinski definition) is 6. The lowest BCUT2D eigenvalue weighted by Gasteiger charge is -2.36. The second-order valence-electron chi connectivity index (χ2n) is 6.69. The van der Waals surface area contributed by atoms with Crippen molar-refractivity contribution in [2.24, 2.45) is 5.92 Å². The normalized spacial score (nSPS) is 22.9. The maximum absolute atomic E-state index is 9.91. The summed E-state index contributed by atoms with van der Waals surface area (Å²) in [4.78, 5) is 6.69. The number of aliphatic hydroxyl groups excluding tert-OH is 1. The van der Waals surface area contributed by atoms with Crippen molar-refractivity contribution < 1.29 is 14.4 Å². The van der Waals surface area contributed by atoms with Gasteiger partial charge in [-0.2, -0.15) is 4.98 Å². The first-order valence-corrected chi connectivity index (χ1v) is 8.33. The molecule has 1 fully saturated rings. The van der Waals surface area contributed by atoms with Crippen molar-refractivity contribution in [2.75, 3.05) is 13.2 Å². The molecule has 1 aliphatic heterocycles. The molecular weight excluding hydrogens is 282 g/mol. The summed E-state index contributed by atoms with van der Waals surface area (Å²) >= 11 is 0. The fourth-order valence-corrected chi connectivity index (χ4v) is 2.84. The van der Waals surface area contributed by atoms with E-state index in [0.717, 1.165) is 19.4 Å². The van der Waals surface area contributed by atoms with E-state index in [1.165, 1.54) is 6.42 Å². The van der Waals surface area contributed by atoms with E-state index in [9.17, 15) is 5.11 Å². The maximum Gasteiger partial charge on any atom is 0.240 e. The second-order valence-corrected chi connectivity index (χ2v) is 6.69. The molecule has 3 atom stereocenters. The van der Waals surface area contributed by atoms with Crippen LogP contribution in [-0.4, -0.2) is 45.4 Å². The number of hydrogen-bond donors (Lipinski definition) is 1. The van der Waals surface area contributed by atoms with Crippen molar-refractivity contribution >= 4 is 0 Å². The van der Waals surface area contributed by atoms with Gasteiger partial charge in [0.05, 0.1) is 12.6 Å². The van der Waals surface area contributed by atoms with Gasteiger partial charge in [0.25, 0.3) is 0 Å². The van der Waals surface area contributed by atoms with Crippen molar-refractivity contribution in [3.63, 3.8) is 0 Å². The van der Waals surface area contributed by atoms with Crippen LogP contribution in [0.2, 0.25) is 0 Å². The smallest absolute Gasteiger partial charge is 0.240 e. The molecule has 6 nitrogen and oxygen atoms in total. The highest BCUT2D eigenvalue weighted by molar-refractivity contribution is 4.92. The Balaban J connectivity index is 1.93. The minimum absolute atomic E-state index is 0.159. The van der Waals surface area contributed by atoms with Gasteiger partial charge in [0, 0.05) is 12.6 Å². The molecule has 0 amide bonds. The molecule has 0 aromatic carbocycles. The molecule has 0 unspecified atom stereocenters. The monoisotopic (exact) mass is 311 g/mol. The number of likely N-dealkylation sites (tertiary alicyclic amines) is 1. The van der Waals surface area contributed by atoms with Gasteiger partial charge in [-0.05, 0) is 39.2 Å². The Morgan fingerprint density at radius 3 is 2.77 bits per heavy atom. The van der Waals surface area contributed by atoms with Crippen LogP contribution >= 0.6 is 0 Å². The Morgan fingerprint density at radius 2 is 2.09 bits per heavy atom. The molecule has 126 valence electrons. The molecule has 0 aliphatic carbocycles. The van der Waals surface area contributed by atoms with Gasteiger partial charge >= 0.3 is 0 Å². The molecule has 1 aromatic rings. The van der Waals surface area contributed by atoms with Crippen molar-refractivity contribution in [1.29, 1.82) is 0 Å². The third-order valence-corrected chi connectivity index (χ3v) is 4.09. The molecule has 1 saturated heterocycles. The number of aromatic nitrogens is 2. The molecule has 0 radical (unpaired) electrons. The van der Waals surface area contributed by atoms with Crippen LogP contribution in [0.5, 0.6) is 0 Å². The molecule has 2 rings (SSSR count). The fourth-order valence-electron chi connectivity index (χ4n) is 2.84. The van der Waals surface area contributed by atoms with Crippen LogP contribution in [0.4, 0.5) is 0 Å². The van der Waals surface area contributed by atoms with E-state index in [0.29, 0.717) is 30.8 Å². The maximum atomic E-state index is 9.91. The van der Waals surface area contributed by atoms with Crippen LogP contribution in [0.15, 0.2) is 4.52 Å². The molecule has 0 bridgehead atoms. The average Bonchev–Trinajstić information content (AvgIpc) is 2.93. The lowest BCUT2D eigenvalue weighted by atomic mass is 9.98. The Hall–Kier alpha value is -0.980. The van der Waals surface area contributed by atoms with Crippen molar-refractivity contribution in [3.05, 3.63) is 11.7 Å². The van der Waals surface area contributed by atoms with E-state index in [4.69, 9.17) is 9.26 Å². The number of aliphatic hydroxyl groups is 1. The topological polar surface area (TPSA) is 71.6 Å². The summed E-state index contributed by atoms with van der Waals surface area (Å²) < 4.78 is 11.1. The van der Waals surface area contributed by atoms with E-state index in [1.807, 2.05) is 13.8 Å². The summed E-state index contributed by atoms with van der Waals surface area (Å²) in [7, 11) is 0. The third kappa shape index (κ3) is 4.76. The second kappa shape index (κ2) is 8.04. The molecule has 1 N–H and O–H groups in total. The first-order chi connectivity index (χ1) is 10.5. The minimum atomic E-state index is -0.337. The number of nitrogens with zero attached hydrogens (tertiary/aromatic N) is 3. The third-order valence-electron chi connectivity index (χ3n) is 4.09. The van der Waals surface area contributed by atoms with Crippen LogP contribution in [0.25, 0.3) is 0 Å². The van der Waals surface area contributed by atoms with E-state index in [2.05, 4.69) is 28.9 Å². The largest absolute Gasteiger partial charge is 0.392 e. The predicted octanol–water partition coefficient (Wildman–Crippen LogP) is 2.54. The quantitative estimate of drug-likeness (QED) is 0.834. The fraction of sp³-hybridized carbons (Fsp3) is 0.875. The summed E-state index contributed by atoms with van der Waals surface area (Å²) in [6, 6.07) is 0.179. The summed E-state index contributed by atoms with van der Waals surface area (Å²) in [5.74, 6) is 1.68. The highest BCUT2D eigenvalue weighted by atomic mass is 16.5. The van der Waals surface area contributed by atoms with Crippen molar-refractivity contribution in [3.8, 4) is 0 Å². The average molecular weight is 311 g/mol. The van der Waals surface area contributed by atoms with E-state index in [1.54, 1.807) is 0 Å². The first-order valence-electron chi connectivity index (χ1n) is 8.33. The predicted molar refractivity (Wildman–Crippen MR) is 83.2 cm³/mol. The molecule has 6 heteroatoms. The van der Waals surface area contributed by atoms with Gasteiger partial charge in [0.1, 0.15) is 6.10 Å². The van der Waals surface area contributed by atoms with Crippen LogP contribution in [0, 0.1) is 5.92 Å². The highest BCUT2D eigenvalue weighted by Crippen LogP contribution is 2.22. The molecule has 0 saturated carbocycles. The van der Waals surface area contributed by atoms with Gasteiger partial charge in [-0.25, -0.2) is 0 Å². The van der Waals surface area contributed by atoms with Crippen LogP contribution in [0.1, 0.15) is 64.8 Å². The van der Waals surface area contributed by atoms with Gasteiger partial charge < -0.3 is 14.4 Å². The molecular formula is C16H29N3O3. The number of ether oxygens (including phenoxy) is 1. The zero-order valence-electron chi connectivity index (χ0n) is 14.2. The van der Waals surface area contributed by atoms with Crippen LogP contribution in [-0.2, 0) is 11.3 Å². The lowest BCUT2D eigenvalue weighted by molar-refractivity contribution is 0.0260. The number of piperidine rings is 1. The van der Waals surface area contributed by atoms with Crippen LogP contribution in [0.3, 0.4) is 0 Å². The Bertz CT molecular complexity index is 448. The molecule has 2 heterocycles. The van der Waals surface area contributed by atoms with Gasteiger partial charge in [-0.1, -0.05) is 25.4 Å². The Kier molecular flexibility index (Phi) is 6.35. The molecule has 0 spiro atoms. The SMILES string of the molecule is CC(C)CO[C@H](C)c1noc(CN2CCCC[C@@H]2[C@@H](C)O)n1. The van der Waals surface area contributed by atoms with Gasteiger partial charge in [-0.15, -0.1) is 0 Å². The zero-order valence-corrected chi connectivity index (χ0v) is 14.2. The summed E-state index contributed by atoms with van der Waals surface area (Å²) in [5, 5.41) is 13.9. The molecule has 1 aromatic heterocycles. The Morgan fingerprint density at radius 1 is 1.32 bits per heavy atom. The number of rotatable bonds is 7. The standard InChI is InChI=1S/C16H29N3O3/c1-11(2)10-21-13(4)16-17-15(22-18-16)9-19-8-6-5-7-14(19)12(3)20/h11-14,20H,5-10H2,1-4H3/t12-,13-,14-/m1/s1. The zero-order chi connectivity index (χ0) is 16.1. The van der Waals surface area contributed by atoms with Gasteiger partial charge in [0.2, 0.25) is 5.89 Å². The molecule has 1 aliphatic rings.